The molecule has 10 heteroatoms. The van der Waals surface area contributed by atoms with Gasteiger partial charge in [0.25, 0.3) is 0 Å². The van der Waals surface area contributed by atoms with Gasteiger partial charge in [-0.3, -0.25) is 0 Å². The summed E-state index contributed by atoms with van der Waals surface area (Å²) in [6.45, 7) is 0. The highest BCUT2D eigenvalue weighted by atomic mass is 19.4. The molecule has 0 N–H and O–H groups in total. The van der Waals surface area contributed by atoms with Gasteiger partial charge in [0.15, 0.2) is 17.2 Å². The summed E-state index contributed by atoms with van der Waals surface area (Å²) < 4.78 is 82.4. The van der Waals surface area contributed by atoms with E-state index in [4.69, 9.17) is 5.26 Å². The van der Waals surface area contributed by atoms with Gasteiger partial charge in [-0.25, -0.2) is 4.98 Å². The number of methoxy groups -OCH3 is 1. The molecule has 110 valence electrons. The maximum atomic E-state index is 12.7. The van der Waals surface area contributed by atoms with Crippen molar-refractivity contribution in [3.63, 3.8) is 0 Å². The molecule has 0 saturated carbocycles. The molecule has 0 saturated heterocycles. The number of hydrogen-bond acceptors (Lipinski definition) is 4. The van der Waals surface area contributed by atoms with Crippen molar-refractivity contribution in [2.75, 3.05) is 7.11 Å². The van der Waals surface area contributed by atoms with Crippen molar-refractivity contribution in [3.05, 3.63) is 17.5 Å². The first kappa shape index (κ1) is 15.9. The van der Waals surface area contributed by atoms with Crippen molar-refractivity contribution >= 4 is 0 Å². The summed E-state index contributed by atoms with van der Waals surface area (Å²) in [6.07, 6.45) is -10.9. The summed E-state index contributed by atoms with van der Waals surface area (Å²) in [7, 11) is 0.749. The van der Waals surface area contributed by atoms with Crippen LogP contribution in [0, 0.1) is 11.3 Å². The molecule has 0 radical (unpaired) electrons. The second-order valence-electron chi connectivity index (χ2n) is 3.37. The number of ether oxygens (including phenoxy) is 2. The first-order valence-corrected chi connectivity index (χ1v) is 4.86. The molecule has 1 aromatic rings. The van der Waals surface area contributed by atoms with E-state index in [1.165, 1.54) is 6.07 Å². The van der Waals surface area contributed by atoms with Crippen LogP contribution in [0.3, 0.4) is 0 Å². The highest BCUT2D eigenvalue weighted by Crippen LogP contribution is 2.42. The van der Waals surface area contributed by atoms with E-state index in [0.717, 1.165) is 7.11 Å². The molecule has 20 heavy (non-hydrogen) atoms. The van der Waals surface area contributed by atoms with E-state index in [-0.39, 0.29) is 0 Å². The summed E-state index contributed by atoms with van der Waals surface area (Å²) in [4.78, 5) is 3.08. The lowest BCUT2D eigenvalue weighted by Crippen LogP contribution is -2.20. The molecule has 1 heterocycles. The van der Waals surface area contributed by atoms with Crippen LogP contribution >= 0.6 is 0 Å². The molecule has 0 fully saturated rings. The highest BCUT2D eigenvalue weighted by molar-refractivity contribution is 5.46. The predicted molar refractivity (Wildman–Crippen MR) is 51.8 cm³/mol. The molecule has 0 aliphatic carbocycles. The average molecular weight is 300 g/mol. The van der Waals surface area contributed by atoms with E-state index in [1.54, 1.807) is 0 Å². The van der Waals surface area contributed by atoms with Crippen LogP contribution in [0.15, 0.2) is 6.07 Å². The molecule has 0 amide bonds. The lowest BCUT2D eigenvalue weighted by atomic mass is 10.2. The number of nitrogens with zero attached hydrogens (tertiary/aromatic N) is 2. The number of rotatable bonds is 3. The Morgan fingerprint density at radius 1 is 1.25 bits per heavy atom. The van der Waals surface area contributed by atoms with Crippen LogP contribution in [0.4, 0.5) is 26.3 Å². The molecule has 0 aliphatic heterocycles. The predicted octanol–water partition coefficient (Wildman–Crippen LogP) is 3.07. The molecule has 1 aromatic heterocycles. The summed E-state index contributed by atoms with van der Waals surface area (Å²) in [6, 6.07) is 2.06. The quantitative estimate of drug-likeness (QED) is 0.805. The third kappa shape index (κ3) is 3.91. The smallest absolute Gasteiger partial charge is 0.491 e. The molecule has 0 aromatic carbocycles. The third-order valence-electron chi connectivity index (χ3n) is 1.95. The topological polar surface area (TPSA) is 55.1 Å². The largest absolute Gasteiger partial charge is 0.573 e. The Balaban J connectivity index is 3.47. The van der Waals surface area contributed by atoms with E-state index >= 15 is 0 Å². The molecular weight excluding hydrogens is 294 g/mol. The SMILES string of the molecule is COc1c(OC(F)(F)F)cc(CC#N)nc1C(F)(F)F. The first-order valence-electron chi connectivity index (χ1n) is 4.86. The number of alkyl halides is 6. The van der Waals surface area contributed by atoms with Crippen molar-refractivity contribution < 1.29 is 35.8 Å². The molecule has 0 aliphatic rings. The summed E-state index contributed by atoms with van der Waals surface area (Å²) >= 11 is 0. The van der Waals surface area contributed by atoms with Crippen molar-refractivity contribution in [1.29, 1.82) is 5.26 Å². The molecular formula is C10H6F6N2O2. The minimum absolute atomic E-state index is 0.514. The maximum absolute atomic E-state index is 12.7. The minimum Gasteiger partial charge on any atom is -0.491 e. The van der Waals surface area contributed by atoms with Crippen molar-refractivity contribution in [2.24, 2.45) is 0 Å². The molecule has 4 nitrogen and oxygen atoms in total. The minimum atomic E-state index is -5.21. The highest BCUT2D eigenvalue weighted by Gasteiger charge is 2.41. The number of halogens is 6. The van der Waals surface area contributed by atoms with E-state index in [9.17, 15) is 26.3 Å². The Kier molecular flexibility index (Phi) is 4.32. The summed E-state index contributed by atoms with van der Waals surface area (Å²) in [5, 5.41) is 8.40. The molecule has 0 bridgehead atoms. The monoisotopic (exact) mass is 300 g/mol. The summed E-state index contributed by atoms with van der Waals surface area (Å²) in [5.74, 6) is -2.40. The average Bonchev–Trinajstić information content (AvgIpc) is 2.25. The van der Waals surface area contributed by atoms with Gasteiger partial charge in [-0.2, -0.15) is 18.4 Å². The molecule has 0 spiro atoms. The van der Waals surface area contributed by atoms with Crippen LogP contribution < -0.4 is 9.47 Å². The van der Waals surface area contributed by atoms with Crippen LogP contribution in [-0.4, -0.2) is 18.5 Å². The van der Waals surface area contributed by atoms with Gasteiger partial charge in [0, 0.05) is 6.07 Å². The van der Waals surface area contributed by atoms with Gasteiger partial charge in [0.1, 0.15) is 0 Å². The van der Waals surface area contributed by atoms with Gasteiger partial charge >= 0.3 is 12.5 Å². The summed E-state index contributed by atoms with van der Waals surface area (Å²) in [5.41, 5.74) is -2.20. The fraction of sp³-hybridized carbons (Fsp3) is 0.400. The molecule has 0 unspecified atom stereocenters. The zero-order chi connectivity index (χ0) is 15.6. The number of nitriles is 1. The van der Waals surface area contributed by atoms with E-state index in [1.807, 2.05) is 0 Å². The Morgan fingerprint density at radius 2 is 1.85 bits per heavy atom. The van der Waals surface area contributed by atoms with Crippen molar-refractivity contribution in [3.8, 4) is 17.6 Å². The van der Waals surface area contributed by atoms with E-state index in [2.05, 4.69) is 14.5 Å². The van der Waals surface area contributed by atoms with Gasteiger partial charge in [-0.05, 0) is 0 Å². The van der Waals surface area contributed by atoms with Crippen LogP contribution in [0.1, 0.15) is 11.4 Å². The van der Waals surface area contributed by atoms with Gasteiger partial charge in [0.05, 0.1) is 25.3 Å². The lowest BCUT2D eigenvalue weighted by molar-refractivity contribution is -0.275. The van der Waals surface area contributed by atoms with Crippen LogP contribution in [0.25, 0.3) is 0 Å². The number of hydrogen-bond donors (Lipinski definition) is 0. The number of aromatic nitrogens is 1. The van der Waals surface area contributed by atoms with Crippen molar-refractivity contribution in [1.82, 2.24) is 4.98 Å². The van der Waals surface area contributed by atoms with Crippen molar-refractivity contribution in [2.45, 2.75) is 19.0 Å². The van der Waals surface area contributed by atoms with E-state index in [0.29, 0.717) is 6.07 Å². The Morgan fingerprint density at radius 3 is 2.25 bits per heavy atom. The van der Waals surface area contributed by atoms with Crippen LogP contribution in [0.5, 0.6) is 11.5 Å². The zero-order valence-corrected chi connectivity index (χ0v) is 9.76. The molecule has 1 rings (SSSR count). The maximum Gasteiger partial charge on any atom is 0.573 e. The lowest BCUT2D eigenvalue weighted by Gasteiger charge is -2.17. The Labute approximate surface area is 108 Å². The van der Waals surface area contributed by atoms with Crippen LogP contribution in [0.2, 0.25) is 0 Å². The molecule has 0 atom stereocenters. The second kappa shape index (κ2) is 5.44. The standard InChI is InChI=1S/C10H6F6N2O2/c1-19-7-6(20-10(14,15)16)4-5(2-3-17)18-8(7)9(11,12)13/h4H,2H2,1H3. The number of pyridine rings is 1. The normalized spacial score (nSPS) is 11.9. The second-order valence-corrected chi connectivity index (χ2v) is 3.37. The fourth-order valence-electron chi connectivity index (χ4n) is 1.32. The zero-order valence-electron chi connectivity index (χ0n) is 9.76. The van der Waals surface area contributed by atoms with Gasteiger partial charge < -0.3 is 9.47 Å². The van der Waals surface area contributed by atoms with Gasteiger partial charge in [-0.1, -0.05) is 0 Å². The van der Waals surface area contributed by atoms with E-state index < -0.39 is 41.8 Å². The van der Waals surface area contributed by atoms with Gasteiger partial charge in [-0.15, -0.1) is 13.2 Å². The first-order chi connectivity index (χ1) is 9.08. The van der Waals surface area contributed by atoms with Gasteiger partial charge in [0.2, 0.25) is 0 Å². The van der Waals surface area contributed by atoms with Crippen LogP contribution in [-0.2, 0) is 12.6 Å². The Bertz CT molecular complexity index is 532. The Hall–Kier alpha value is -2.18. The fourth-order valence-corrected chi connectivity index (χ4v) is 1.32. The third-order valence-corrected chi connectivity index (χ3v) is 1.95.